The predicted molar refractivity (Wildman–Crippen MR) is 174 cm³/mol. The van der Waals surface area contributed by atoms with Crippen LogP contribution >= 0.6 is 0 Å². The summed E-state index contributed by atoms with van der Waals surface area (Å²) in [5, 5.41) is 12.6. The highest BCUT2D eigenvalue weighted by Crippen LogP contribution is 2.39. The van der Waals surface area contributed by atoms with Crippen molar-refractivity contribution >= 4 is 5.91 Å². The maximum Gasteiger partial charge on any atom is 0.251 e. The standard InChI is InChI=1S/C38H42N2O5/c1-43-26-34-14-7-19-40(34)24-35-22-36(29-17-15-27(25-41)16-18-29)45-38(44-35)33-13-6-12-32(21-33)31-11-5-8-28(20-31)23-39-37(42)30-9-3-2-4-10-30/h2-6,8-13,15-18,20-21,34-36,38,41H,7,14,19,22-26H2,1H3,(H,39,42). The van der Waals surface area contributed by atoms with Gasteiger partial charge in [-0.1, -0.05) is 78.9 Å². The quantitative estimate of drug-likeness (QED) is 0.205. The van der Waals surface area contributed by atoms with Crippen LogP contribution in [0.3, 0.4) is 0 Å². The summed E-state index contributed by atoms with van der Waals surface area (Å²) >= 11 is 0. The van der Waals surface area contributed by atoms with Crippen LogP contribution in [-0.2, 0) is 27.4 Å². The van der Waals surface area contributed by atoms with E-state index in [4.69, 9.17) is 14.2 Å². The minimum Gasteiger partial charge on any atom is -0.392 e. The Balaban J connectivity index is 1.20. The van der Waals surface area contributed by atoms with Crippen molar-refractivity contribution < 1.29 is 24.1 Å². The number of aliphatic hydroxyl groups is 1. The Morgan fingerprint density at radius 1 is 0.889 bits per heavy atom. The molecule has 4 unspecified atom stereocenters. The lowest BCUT2D eigenvalue weighted by molar-refractivity contribution is -0.253. The Kier molecular flexibility index (Phi) is 10.4. The van der Waals surface area contributed by atoms with Gasteiger partial charge in [0, 0.05) is 43.8 Å². The van der Waals surface area contributed by atoms with Crippen LogP contribution in [0.2, 0.25) is 0 Å². The fourth-order valence-corrected chi connectivity index (χ4v) is 6.41. The molecule has 2 saturated heterocycles. The third-order valence-electron chi connectivity index (χ3n) is 8.82. The number of rotatable bonds is 11. The second-order valence-electron chi connectivity index (χ2n) is 12.0. The van der Waals surface area contributed by atoms with Gasteiger partial charge in [-0.25, -0.2) is 0 Å². The molecule has 0 aliphatic carbocycles. The van der Waals surface area contributed by atoms with E-state index >= 15 is 0 Å². The maximum atomic E-state index is 12.6. The van der Waals surface area contributed by atoms with Crippen LogP contribution in [0.15, 0.2) is 103 Å². The molecule has 7 heteroatoms. The highest BCUT2D eigenvalue weighted by molar-refractivity contribution is 5.94. The summed E-state index contributed by atoms with van der Waals surface area (Å²) in [6.45, 7) is 3.07. The average Bonchev–Trinajstić information content (AvgIpc) is 3.54. The van der Waals surface area contributed by atoms with Gasteiger partial charge in [0.15, 0.2) is 6.29 Å². The van der Waals surface area contributed by atoms with Crippen molar-refractivity contribution in [3.63, 3.8) is 0 Å². The fourth-order valence-electron chi connectivity index (χ4n) is 6.41. The van der Waals surface area contributed by atoms with E-state index in [0.29, 0.717) is 18.2 Å². The molecule has 0 bridgehead atoms. The second kappa shape index (κ2) is 15.0. The second-order valence-corrected chi connectivity index (χ2v) is 12.0. The number of nitrogens with zero attached hydrogens (tertiary/aromatic N) is 1. The smallest absolute Gasteiger partial charge is 0.251 e. The van der Waals surface area contributed by atoms with Crippen molar-refractivity contribution in [1.29, 1.82) is 0 Å². The van der Waals surface area contributed by atoms with Gasteiger partial charge in [0.25, 0.3) is 5.91 Å². The van der Waals surface area contributed by atoms with Gasteiger partial charge in [-0.2, -0.15) is 0 Å². The minimum absolute atomic E-state index is 0.0102. The van der Waals surface area contributed by atoms with Gasteiger partial charge in [-0.15, -0.1) is 0 Å². The Labute approximate surface area is 265 Å². The zero-order valence-corrected chi connectivity index (χ0v) is 25.8. The Bertz CT molecular complexity index is 1540. The summed E-state index contributed by atoms with van der Waals surface area (Å²) in [5.41, 5.74) is 6.72. The molecule has 234 valence electrons. The lowest BCUT2D eigenvalue weighted by Gasteiger charge is -2.39. The Hall–Kier alpha value is -3.85. The number of carbonyl (C=O) groups excluding carboxylic acids is 1. The first-order chi connectivity index (χ1) is 22.1. The van der Waals surface area contributed by atoms with Gasteiger partial charge in [0.2, 0.25) is 0 Å². The van der Waals surface area contributed by atoms with Crippen LogP contribution in [0.1, 0.15) is 64.3 Å². The average molecular weight is 607 g/mol. The highest BCUT2D eigenvalue weighted by Gasteiger charge is 2.35. The van der Waals surface area contributed by atoms with Gasteiger partial charge >= 0.3 is 0 Å². The van der Waals surface area contributed by atoms with Crippen LogP contribution in [-0.4, -0.2) is 54.9 Å². The number of benzene rings is 4. The molecule has 2 fully saturated rings. The number of ether oxygens (including phenoxy) is 3. The molecule has 2 N–H and O–H groups in total. The molecule has 6 rings (SSSR count). The first-order valence-electron chi connectivity index (χ1n) is 15.9. The van der Waals surface area contributed by atoms with Crippen LogP contribution in [0.25, 0.3) is 11.1 Å². The van der Waals surface area contributed by atoms with E-state index in [1.54, 1.807) is 7.11 Å². The SMILES string of the molecule is COCC1CCCN1CC1CC(c2ccc(CO)cc2)OC(c2cccc(-c3cccc(CNC(=O)c4ccccc4)c3)c2)O1. The van der Waals surface area contributed by atoms with Crippen molar-refractivity contribution in [2.75, 3.05) is 26.8 Å². The van der Waals surface area contributed by atoms with Gasteiger partial charge in [0.1, 0.15) is 0 Å². The Morgan fingerprint density at radius 2 is 1.67 bits per heavy atom. The Morgan fingerprint density at radius 3 is 2.44 bits per heavy atom. The van der Waals surface area contributed by atoms with Gasteiger partial charge in [0.05, 0.1) is 25.4 Å². The molecule has 45 heavy (non-hydrogen) atoms. The number of methoxy groups -OCH3 is 1. The zero-order chi connectivity index (χ0) is 31.0. The summed E-state index contributed by atoms with van der Waals surface area (Å²) in [5.74, 6) is -0.0906. The molecule has 7 nitrogen and oxygen atoms in total. The van der Waals surface area contributed by atoms with Crippen LogP contribution in [0, 0.1) is 0 Å². The molecule has 4 aromatic carbocycles. The summed E-state index contributed by atoms with van der Waals surface area (Å²) < 4.78 is 18.8. The number of carbonyl (C=O) groups is 1. The van der Waals surface area contributed by atoms with E-state index in [1.807, 2.05) is 60.7 Å². The normalized spacial score (nSPS) is 21.9. The van der Waals surface area contributed by atoms with Crippen LogP contribution in [0.5, 0.6) is 0 Å². The van der Waals surface area contributed by atoms with Crippen LogP contribution < -0.4 is 5.32 Å². The third kappa shape index (κ3) is 7.87. The molecule has 4 atom stereocenters. The van der Waals surface area contributed by atoms with Gasteiger partial charge in [-0.05, 0) is 71.5 Å². The zero-order valence-electron chi connectivity index (χ0n) is 25.8. The van der Waals surface area contributed by atoms with Crippen LogP contribution in [0.4, 0.5) is 0 Å². The largest absolute Gasteiger partial charge is 0.392 e. The van der Waals surface area contributed by atoms with E-state index in [9.17, 15) is 9.90 Å². The van der Waals surface area contributed by atoms with Crippen molar-refractivity contribution in [3.8, 4) is 11.1 Å². The number of nitrogens with one attached hydrogen (secondary N) is 1. The monoisotopic (exact) mass is 606 g/mol. The fraction of sp³-hybridized carbons (Fsp3) is 0.342. The molecule has 2 aliphatic heterocycles. The summed E-state index contributed by atoms with van der Waals surface area (Å²) in [6.07, 6.45) is 2.40. The molecular formula is C38H42N2O5. The van der Waals surface area contributed by atoms with Crippen molar-refractivity contribution in [3.05, 3.63) is 131 Å². The van der Waals surface area contributed by atoms with Crippen molar-refractivity contribution in [1.82, 2.24) is 10.2 Å². The summed E-state index contributed by atoms with van der Waals surface area (Å²) in [6, 6.07) is 34.3. The number of hydrogen-bond donors (Lipinski definition) is 2. The topological polar surface area (TPSA) is 80.3 Å². The first-order valence-corrected chi connectivity index (χ1v) is 15.9. The van der Waals surface area contributed by atoms with E-state index in [0.717, 1.165) is 65.9 Å². The van der Waals surface area contributed by atoms with E-state index in [-0.39, 0.29) is 24.7 Å². The van der Waals surface area contributed by atoms with Gasteiger partial charge < -0.3 is 24.6 Å². The number of aliphatic hydroxyl groups excluding tert-OH is 1. The van der Waals surface area contributed by atoms with Crippen molar-refractivity contribution in [2.45, 2.75) is 57.0 Å². The number of likely N-dealkylation sites (tertiary alicyclic amines) is 1. The molecule has 0 radical (unpaired) electrons. The van der Waals surface area contributed by atoms with E-state index < -0.39 is 6.29 Å². The molecule has 2 aliphatic rings. The summed E-state index contributed by atoms with van der Waals surface area (Å²) in [7, 11) is 1.77. The van der Waals surface area contributed by atoms with E-state index in [2.05, 4.69) is 52.7 Å². The molecule has 4 aromatic rings. The lowest BCUT2D eigenvalue weighted by Crippen LogP contribution is -2.42. The van der Waals surface area contributed by atoms with E-state index in [1.165, 1.54) is 6.42 Å². The summed E-state index contributed by atoms with van der Waals surface area (Å²) in [4.78, 5) is 15.1. The highest BCUT2D eigenvalue weighted by atomic mass is 16.7. The molecule has 2 heterocycles. The predicted octanol–water partition coefficient (Wildman–Crippen LogP) is 6.43. The third-order valence-corrected chi connectivity index (χ3v) is 8.82. The molecular weight excluding hydrogens is 564 g/mol. The molecule has 0 aromatic heterocycles. The van der Waals surface area contributed by atoms with Crippen molar-refractivity contribution in [2.24, 2.45) is 0 Å². The molecule has 1 amide bonds. The molecule has 0 spiro atoms. The number of hydrogen-bond acceptors (Lipinski definition) is 6. The number of amides is 1. The van der Waals surface area contributed by atoms with Gasteiger partial charge in [-0.3, -0.25) is 9.69 Å². The first kappa shape index (κ1) is 31.1. The molecule has 0 saturated carbocycles. The lowest BCUT2D eigenvalue weighted by atomic mass is 9.98. The minimum atomic E-state index is -0.525. The maximum absolute atomic E-state index is 12.6.